The number of nitrogens with zero attached hydrogens (tertiary/aromatic N) is 1. The molecule has 1 fully saturated rings. The Bertz CT molecular complexity index is 567. The van der Waals surface area contributed by atoms with Crippen LogP contribution in [-0.2, 0) is 9.53 Å². The molecule has 20 heavy (non-hydrogen) atoms. The number of thioether (sulfide) groups is 1. The van der Waals surface area contributed by atoms with E-state index in [1.165, 1.54) is 11.8 Å². The van der Waals surface area contributed by atoms with Crippen LogP contribution in [0.2, 0.25) is 0 Å². The Kier molecular flexibility index (Phi) is 4.06. The maximum Gasteiger partial charge on any atom is 0.414 e. The largest absolute Gasteiger partial charge is 0.444 e. The van der Waals surface area contributed by atoms with E-state index >= 15 is 0 Å². The first-order chi connectivity index (χ1) is 9.67. The number of hydrogen-bond donors (Lipinski definition) is 1. The highest BCUT2D eigenvalue weighted by atomic mass is 127. The first kappa shape index (κ1) is 14.0. The number of ether oxygens (including phenoxy) is 1. The number of nitrogens with one attached hydrogen (secondary N) is 1. The summed E-state index contributed by atoms with van der Waals surface area (Å²) in [6.45, 7) is 0.571. The number of anilines is 2. The number of hydrogen-bond acceptors (Lipinski definition) is 4. The molecule has 0 radical (unpaired) electrons. The number of alkyl halides is 1. The van der Waals surface area contributed by atoms with E-state index in [2.05, 4.69) is 27.9 Å². The molecule has 0 saturated carbocycles. The predicted molar refractivity (Wildman–Crippen MR) is 86.9 cm³/mol. The summed E-state index contributed by atoms with van der Waals surface area (Å²) in [4.78, 5) is 26.0. The molecule has 106 valence electrons. The zero-order valence-corrected chi connectivity index (χ0v) is 13.6. The van der Waals surface area contributed by atoms with E-state index in [-0.39, 0.29) is 18.1 Å². The standard InChI is InChI=1S/C13H13IN2O3S/c14-4-3-9-6-16(13(18)19-9)8-1-2-11-10(5-8)15-12(17)7-20-11/h1-2,5,9H,3-4,6-7H2,(H,15,17)/t9-/m0/s1. The lowest BCUT2D eigenvalue weighted by Gasteiger charge is -2.19. The molecule has 5 nitrogen and oxygen atoms in total. The van der Waals surface area contributed by atoms with E-state index in [1.54, 1.807) is 4.90 Å². The SMILES string of the molecule is O=C1CSc2ccc(N3C[C@H](CCI)OC3=O)cc2N1. The molecule has 0 bridgehead atoms. The Morgan fingerprint density at radius 3 is 3.10 bits per heavy atom. The van der Waals surface area contributed by atoms with Crippen LogP contribution in [0.25, 0.3) is 0 Å². The number of cyclic esters (lactones) is 1. The highest BCUT2D eigenvalue weighted by Crippen LogP contribution is 2.35. The molecule has 1 aromatic carbocycles. The average molecular weight is 404 g/mol. The van der Waals surface area contributed by atoms with Gasteiger partial charge in [0.25, 0.3) is 0 Å². The lowest BCUT2D eigenvalue weighted by molar-refractivity contribution is -0.113. The van der Waals surface area contributed by atoms with Crippen LogP contribution in [0.15, 0.2) is 23.1 Å². The molecule has 0 unspecified atom stereocenters. The van der Waals surface area contributed by atoms with Crippen molar-refractivity contribution < 1.29 is 14.3 Å². The summed E-state index contributed by atoms with van der Waals surface area (Å²) in [7, 11) is 0. The molecule has 0 aromatic heterocycles. The molecule has 1 N–H and O–H groups in total. The van der Waals surface area contributed by atoms with Crippen molar-refractivity contribution in [2.45, 2.75) is 17.4 Å². The topological polar surface area (TPSA) is 58.6 Å². The Morgan fingerprint density at radius 2 is 2.30 bits per heavy atom. The molecule has 3 rings (SSSR count). The maximum atomic E-state index is 11.9. The van der Waals surface area contributed by atoms with Gasteiger partial charge in [0.05, 0.1) is 18.0 Å². The number of fused-ring (bicyclic) bond motifs is 1. The van der Waals surface area contributed by atoms with Crippen LogP contribution in [0.1, 0.15) is 6.42 Å². The lowest BCUT2D eigenvalue weighted by atomic mass is 10.2. The van der Waals surface area contributed by atoms with Crippen molar-refractivity contribution in [3.05, 3.63) is 18.2 Å². The first-order valence-electron chi connectivity index (χ1n) is 6.28. The summed E-state index contributed by atoms with van der Waals surface area (Å²) in [5.74, 6) is 0.432. The van der Waals surface area contributed by atoms with E-state index in [0.717, 1.165) is 27.1 Å². The first-order valence-corrected chi connectivity index (χ1v) is 8.79. The van der Waals surface area contributed by atoms with Crippen molar-refractivity contribution in [1.82, 2.24) is 0 Å². The minimum Gasteiger partial charge on any atom is -0.444 e. The average Bonchev–Trinajstić information content (AvgIpc) is 2.79. The van der Waals surface area contributed by atoms with Crippen molar-refractivity contribution >= 4 is 57.7 Å². The van der Waals surface area contributed by atoms with E-state index < -0.39 is 0 Å². The van der Waals surface area contributed by atoms with Crippen LogP contribution in [0.5, 0.6) is 0 Å². The summed E-state index contributed by atoms with van der Waals surface area (Å²) < 4.78 is 6.28. The van der Waals surface area contributed by atoms with Crippen LogP contribution >= 0.6 is 34.4 Å². The second kappa shape index (κ2) is 5.80. The molecule has 1 aromatic rings. The summed E-state index contributed by atoms with van der Waals surface area (Å²) >= 11 is 3.79. The summed E-state index contributed by atoms with van der Waals surface area (Å²) in [6.07, 6.45) is 0.509. The molecule has 0 spiro atoms. The Hall–Kier alpha value is -0.960. The second-order valence-corrected chi connectivity index (χ2v) is 6.71. The van der Waals surface area contributed by atoms with Crippen molar-refractivity contribution in [2.24, 2.45) is 0 Å². The minimum atomic E-state index is -0.311. The molecule has 2 aliphatic rings. The van der Waals surface area contributed by atoms with Gasteiger partial charge < -0.3 is 10.1 Å². The Morgan fingerprint density at radius 1 is 1.45 bits per heavy atom. The third-order valence-electron chi connectivity index (χ3n) is 3.21. The van der Waals surface area contributed by atoms with Crippen molar-refractivity contribution in [1.29, 1.82) is 0 Å². The molecule has 2 aliphatic heterocycles. The van der Waals surface area contributed by atoms with E-state index in [4.69, 9.17) is 4.74 Å². The zero-order chi connectivity index (χ0) is 14.1. The number of carbonyl (C=O) groups excluding carboxylic acids is 2. The number of carbonyl (C=O) groups is 2. The minimum absolute atomic E-state index is 0.00793. The normalized spacial score (nSPS) is 21.4. The van der Waals surface area contributed by atoms with Gasteiger partial charge in [0.1, 0.15) is 6.10 Å². The van der Waals surface area contributed by atoms with Crippen molar-refractivity contribution in [3.8, 4) is 0 Å². The van der Waals surface area contributed by atoms with Gasteiger partial charge in [-0.25, -0.2) is 4.79 Å². The molecular formula is C13H13IN2O3S. The molecular weight excluding hydrogens is 391 g/mol. The van der Waals surface area contributed by atoms with Gasteiger partial charge in [-0.1, -0.05) is 22.6 Å². The van der Waals surface area contributed by atoms with Gasteiger partial charge in [0.15, 0.2) is 0 Å². The van der Waals surface area contributed by atoms with Gasteiger partial charge in [-0.3, -0.25) is 9.69 Å². The molecule has 0 aliphatic carbocycles. The third-order valence-corrected chi connectivity index (χ3v) is 4.91. The molecule has 1 saturated heterocycles. The smallest absolute Gasteiger partial charge is 0.414 e. The molecule has 2 heterocycles. The summed E-state index contributed by atoms with van der Waals surface area (Å²) in [6, 6.07) is 5.68. The van der Waals surface area contributed by atoms with Gasteiger partial charge in [0.2, 0.25) is 5.91 Å². The van der Waals surface area contributed by atoms with Gasteiger partial charge in [-0.15, -0.1) is 11.8 Å². The number of amides is 2. The Labute approximate surface area is 134 Å². The fourth-order valence-electron chi connectivity index (χ4n) is 2.24. The van der Waals surface area contributed by atoms with E-state index in [9.17, 15) is 9.59 Å². The molecule has 2 amide bonds. The lowest BCUT2D eigenvalue weighted by Crippen LogP contribution is -2.25. The van der Waals surface area contributed by atoms with Crippen molar-refractivity contribution in [2.75, 3.05) is 26.9 Å². The van der Waals surface area contributed by atoms with Crippen molar-refractivity contribution in [3.63, 3.8) is 0 Å². The van der Waals surface area contributed by atoms with E-state index in [1.807, 2.05) is 18.2 Å². The van der Waals surface area contributed by atoms with E-state index in [0.29, 0.717) is 12.3 Å². The number of rotatable bonds is 3. The maximum absolute atomic E-state index is 11.9. The fraction of sp³-hybridized carbons (Fsp3) is 0.385. The van der Waals surface area contributed by atoms with Gasteiger partial charge in [-0.05, 0) is 24.6 Å². The highest BCUT2D eigenvalue weighted by molar-refractivity contribution is 14.1. The van der Waals surface area contributed by atoms with Crippen LogP contribution in [0, 0.1) is 0 Å². The zero-order valence-electron chi connectivity index (χ0n) is 10.6. The quantitative estimate of drug-likeness (QED) is 0.622. The predicted octanol–water partition coefficient (Wildman–Crippen LogP) is 2.88. The highest BCUT2D eigenvalue weighted by Gasteiger charge is 2.32. The van der Waals surface area contributed by atoms with Crippen LogP contribution in [-0.4, -0.2) is 34.8 Å². The molecule has 7 heteroatoms. The fourth-order valence-corrected chi connectivity index (χ4v) is 3.73. The molecule has 1 atom stereocenters. The van der Waals surface area contributed by atoms with Crippen LogP contribution < -0.4 is 10.2 Å². The number of benzene rings is 1. The summed E-state index contributed by atoms with van der Waals surface area (Å²) in [5, 5.41) is 2.84. The summed E-state index contributed by atoms with van der Waals surface area (Å²) in [5.41, 5.74) is 1.54. The second-order valence-electron chi connectivity index (χ2n) is 4.61. The monoisotopic (exact) mass is 404 g/mol. The number of halogens is 1. The third kappa shape index (κ3) is 2.73. The van der Waals surface area contributed by atoms with Gasteiger partial charge in [0, 0.05) is 15.0 Å². The Balaban J connectivity index is 1.82. The van der Waals surface area contributed by atoms with Crippen LogP contribution in [0.4, 0.5) is 16.2 Å². The van der Waals surface area contributed by atoms with Gasteiger partial charge in [-0.2, -0.15) is 0 Å². The van der Waals surface area contributed by atoms with Gasteiger partial charge >= 0.3 is 6.09 Å². The van der Waals surface area contributed by atoms with Crippen LogP contribution in [0.3, 0.4) is 0 Å².